The van der Waals surface area contributed by atoms with Gasteiger partial charge >= 0.3 is 0 Å². The Hall–Kier alpha value is -1.62. The van der Waals surface area contributed by atoms with Crippen LogP contribution in [0.1, 0.15) is 30.1 Å². The first-order valence-corrected chi connectivity index (χ1v) is 6.63. The van der Waals surface area contributed by atoms with Crippen molar-refractivity contribution in [2.45, 2.75) is 19.8 Å². The summed E-state index contributed by atoms with van der Waals surface area (Å²) in [5, 5.41) is 5.94. The SMILES string of the molecule is CNc1cc(C(=O)NCC2(C)CCOCC2)ccn1. The molecule has 2 heterocycles. The first-order chi connectivity index (χ1) is 9.13. The largest absolute Gasteiger partial charge is 0.381 e. The molecule has 1 amide bonds. The fourth-order valence-electron chi connectivity index (χ4n) is 2.15. The maximum Gasteiger partial charge on any atom is 0.251 e. The van der Waals surface area contributed by atoms with Gasteiger partial charge in [-0.05, 0) is 30.4 Å². The summed E-state index contributed by atoms with van der Waals surface area (Å²) in [6.07, 6.45) is 3.62. The minimum Gasteiger partial charge on any atom is -0.381 e. The van der Waals surface area contributed by atoms with Crippen molar-refractivity contribution in [2.24, 2.45) is 5.41 Å². The lowest BCUT2D eigenvalue weighted by Gasteiger charge is -2.33. The number of hydrogen-bond acceptors (Lipinski definition) is 4. The van der Waals surface area contributed by atoms with Crippen LogP contribution in [0.5, 0.6) is 0 Å². The Labute approximate surface area is 113 Å². The second-order valence-electron chi connectivity index (χ2n) is 5.29. The molecule has 2 rings (SSSR count). The molecular formula is C14H21N3O2. The van der Waals surface area contributed by atoms with Crippen molar-refractivity contribution in [3.8, 4) is 0 Å². The van der Waals surface area contributed by atoms with E-state index in [1.165, 1.54) is 0 Å². The second-order valence-corrected chi connectivity index (χ2v) is 5.29. The maximum atomic E-state index is 12.1. The molecule has 0 unspecified atom stereocenters. The zero-order chi connectivity index (χ0) is 13.7. The summed E-state index contributed by atoms with van der Waals surface area (Å²) in [6.45, 7) is 4.45. The Morgan fingerprint density at radius 2 is 2.21 bits per heavy atom. The Balaban J connectivity index is 1.93. The summed E-state index contributed by atoms with van der Waals surface area (Å²) in [5.41, 5.74) is 0.780. The highest BCUT2D eigenvalue weighted by Crippen LogP contribution is 2.28. The van der Waals surface area contributed by atoms with E-state index in [1.807, 2.05) is 0 Å². The first-order valence-electron chi connectivity index (χ1n) is 6.63. The van der Waals surface area contributed by atoms with Crippen molar-refractivity contribution in [2.75, 3.05) is 32.1 Å². The Morgan fingerprint density at radius 3 is 2.89 bits per heavy atom. The molecule has 0 saturated carbocycles. The molecular weight excluding hydrogens is 242 g/mol. The van der Waals surface area contributed by atoms with Crippen molar-refractivity contribution >= 4 is 11.7 Å². The van der Waals surface area contributed by atoms with Gasteiger partial charge in [-0.1, -0.05) is 6.92 Å². The van der Waals surface area contributed by atoms with Crippen LogP contribution in [0, 0.1) is 5.41 Å². The minimum absolute atomic E-state index is 0.0494. The van der Waals surface area contributed by atoms with Crippen LogP contribution in [0.2, 0.25) is 0 Å². The fraction of sp³-hybridized carbons (Fsp3) is 0.571. The Bertz CT molecular complexity index is 442. The highest BCUT2D eigenvalue weighted by Gasteiger charge is 2.27. The van der Waals surface area contributed by atoms with E-state index >= 15 is 0 Å². The summed E-state index contributed by atoms with van der Waals surface area (Å²) >= 11 is 0. The number of carbonyl (C=O) groups excluding carboxylic acids is 1. The van der Waals surface area contributed by atoms with Gasteiger partial charge in [0.2, 0.25) is 0 Å². The number of hydrogen-bond donors (Lipinski definition) is 2. The molecule has 0 aliphatic carbocycles. The molecule has 0 spiro atoms. The quantitative estimate of drug-likeness (QED) is 0.867. The van der Waals surface area contributed by atoms with Crippen LogP contribution in [0.3, 0.4) is 0 Å². The molecule has 0 atom stereocenters. The smallest absolute Gasteiger partial charge is 0.251 e. The summed E-state index contributed by atoms with van der Waals surface area (Å²) in [7, 11) is 1.78. The number of aromatic nitrogens is 1. The zero-order valence-electron chi connectivity index (χ0n) is 11.5. The number of nitrogens with zero attached hydrogens (tertiary/aromatic N) is 1. The Morgan fingerprint density at radius 1 is 1.47 bits per heavy atom. The standard InChI is InChI=1S/C14H21N3O2/c1-14(4-7-19-8-5-14)10-17-13(18)11-3-6-16-12(9-11)15-2/h3,6,9H,4-5,7-8,10H2,1-2H3,(H,15,16)(H,17,18). The minimum atomic E-state index is -0.0494. The van der Waals surface area contributed by atoms with Gasteiger partial charge in [0.25, 0.3) is 5.91 Å². The van der Waals surface area contributed by atoms with E-state index < -0.39 is 0 Å². The van der Waals surface area contributed by atoms with Crippen molar-refractivity contribution in [3.63, 3.8) is 0 Å². The van der Waals surface area contributed by atoms with Crippen molar-refractivity contribution in [3.05, 3.63) is 23.9 Å². The van der Waals surface area contributed by atoms with Gasteiger partial charge in [-0.3, -0.25) is 4.79 Å². The normalized spacial score (nSPS) is 17.8. The molecule has 1 fully saturated rings. The molecule has 0 radical (unpaired) electrons. The second kappa shape index (κ2) is 6.02. The average Bonchev–Trinajstić information content (AvgIpc) is 2.46. The molecule has 1 aliphatic rings. The summed E-state index contributed by atoms with van der Waals surface area (Å²) < 4.78 is 5.36. The fourth-order valence-corrected chi connectivity index (χ4v) is 2.15. The van der Waals surface area contributed by atoms with E-state index in [0.29, 0.717) is 17.9 Å². The van der Waals surface area contributed by atoms with Gasteiger partial charge in [-0.2, -0.15) is 0 Å². The lowest BCUT2D eigenvalue weighted by Crippen LogP contribution is -2.39. The highest BCUT2D eigenvalue weighted by molar-refractivity contribution is 5.94. The van der Waals surface area contributed by atoms with Gasteiger partial charge in [0.05, 0.1) is 0 Å². The Kier molecular flexibility index (Phi) is 4.37. The summed E-state index contributed by atoms with van der Waals surface area (Å²) in [6, 6.07) is 3.48. The third kappa shape index (κ3) is 3.67. The van der Waals surface area contributed by atoms with E-state index in [-0.39, 0.29) is 11.3 Å². The predicted octanol–water partition coefficient (Wildman–Crippen LogP) is 1.67. The van der Waals surface area contributed by atoms with E-state index in [2.05, 4.69) is 22.5 Å². The molecule has 5 heteroatoms. The molecule has 104 valence electrons. The van der Waals surface area contributed by atoms with Gasteiger partial charge in [-0.25, -0.2) is 4.98 Å². The summed E-state index contributed by atoms with van der Waals surface area (Å²) in [5.74, 6) is 0.650. The molecule has 0 aromatic carbocycles. The molecule has 1 aromatic heterocycles. The predicted molar refractivity (Wildman–Crippen MR) is 74.3 cm³/mol. The number of pyridine rings is 1. The maximum absolute atomic E-state index is 12.1. The van der Waals surface area contributed by atoms with Crippen molar-refractivity contribution in [1.29, 1.82) is 0 Å². The average molecular weight is 263 g/mol. The third-order valence-corrected chi connectivity index (χ3v) is 3.65. The number of carbonyl (C=O) groups is 1. The number of nitrogens with one attached hydrogen (secondary N) is 2. The third-order valence-electron chi connectivity index (χ3n) is 3.65. The number of ether oxygens (including phenoxy) is 1. The van der Waals surface area contributed by atoms with Gasteiger partial charge in [0, 0.05) is 38.6 Å². The number of anilines is 1. The van der Waals surface area contributed by atoms with Gasteiger partial charge < -0.3 is 15.4 Å². The van der Waals surface area contributed by atoms with Crippen LogP contribution in [0.25, 0.3) is 0 Å². The van der Waals surface area contributed by atoms with Crippen LogP contribution in [0.4, 0.5) is 5.82 Å². The monoisotopic (exact) mass is 263 g/mol. The van der Waals surface area contributed by atoms with Crippen LogP contribution >= 0.6 is 0 Å². The van der Waals surface area contributed by atoms with Gasteiger partial charge in [0.1, 0.15) is 5.82 Å². The van der Waals surface area contributed by atoms with Crippen LogP contribution in [0.15, 0.2) is 18.3 Å². The van der Waals surface area contributed by atoms with E-state index in [4.69, 9.17) is 4.74 Å². The van der Waals surface area contributed by atoms with Crippen LogP contribution in [-0.2, 0) is 4.74 Å². The van der Waals surface area contributed by atoms with Gasteiger partial charge in [0.15, 0.2) is 0 Å². The van der Waals surface area contributed by atoms with E-state index in [9.17, 15) is 4.79 Å². The highest BCUT2D eigenvalue weighted by atomic mass is 16.5. The van der Waals surface area contributed by atoms with Crippen LogP contribution < -0.4 is 10.6 Å². The van der Waals surface area contributed by atoms with Gasteiger partial charge in [-0.15, -0.1) is 0 Å². The van der Waals surface area contributed by atoms with E-state index in [1.54, 1.807) is 25.4 Å². The molecule has 1 saturated heterocycles. The van der Waals surface area contributed by atoms with E-state index in [0.717, 1.165) is 26.1 Å². The molecule has 0 bridgehead atoms. The molecule has 5 nitrogen and oxygen atoms in total. The lowest BCUT2D eigenvalue weighted by molar-refractivity contribution is 0.0238. The van der Waals surface area contributed by atoms with Crippen molar-refractivity contribution in [1.82, 2.24) is 10.3 Å². The lowest BCUT2D eigenvalue weighted by atomic mass is 9.82. The molecule has 19 heavy (non-hydrogen) atoms. The number of rotatable bonds is 4. The summed E-state index contributed by atoms with van der Waals surface area (Å²) in [4.78, 5) is 16.2. The molecule has 2 N–H and O–H groups in total. The topological polar surface area (TPSA) is 63.2 Å². The van der Waals surface area contributed by atoms with Crippen molar-refractivity contribution < 1.29 is 9.53 Å². The molecule has 1 aromatic rings. The number of amides is 1. The first kappa shape index (κ1) is 13.8. The zero-order valence-corrected chi connectivity index (χ0v) is 11.5. The van der Waals surface area contributed by atoms with Crippen LogP contribution in [-0.4, -0.2) is 37.7 Å². The molecule has 1 aliphatic heterocycles.